The molecule has 0 bridgehead atoms. The van der Waals surface area contributed by atoms with Crippen LogP contribution < -0.4 is 5.73 Å². The van der Waals surface area contributed by atoms with E-state index < -0.39 is 0 Å². The summed E-state index contributed by atoms with van der Waals surface area (Å²) in [5.41, 5.74) is 5.57. The lowest BCUT2D eigenvalue weighted by Gasteiger charge is -2.13. The lowest BCUT2D eigenvalue weighted by molar-refractivity contribution is -0.122. The minimum atomic E-state index is -0.0704. The van der Waals surface area contributed by atoms with Gasteiger partial charge in [-0.25, -0.2) is 0 Å². The molecule has 2 N–H and O–H groups in total. The number of carbonyl (C=O) groups excluding carboxylic acids is 1. The van der Waals surface area contributed by atoms with Crippen molar-refractivity contribution in [2.75, 3.05) is 0 Å². The Kier molecular flexibility index (Phi) is 17.4. The summed E-state index contributed by atoms with van der Waals surface area (Å²) in [6.07, 6.45) is 21.8. The van der Waals surface area contributed by atoms with E-state index in [4.69, 9.17) is 5.73 Å². The van der Waals surface area contributed by atoms with E-state index in [-0.39, 0.29) is 11.8 Å². The van der Waals surface area contributed by atoms with Gasteiger partial charge in [0.25, 0.3) is 0 Å². The van der Waals surface area contributed by atoms with Crippen LogP contribution in [0.25, 0.3) is 0 Å². The zero-order valence-corrected chi connectivity index (χ0v) is 16.1. The fourth-order valence-corrected chi connectivity index (χ4v) is 3.30. The molecular formula is C21H43NO. The lowest BCUT2D eigenvalue weighted by atomic mass is 9.93. The van der Waals surface area contributed by atoms with Crippen LogP contribution >= 0.6 is 0 Å². The first-order valence-corrected chi connectivity index (χ1v) is 10.5. The SMILES string of the molecule is CCCCCCCCCCC(CCCCCCCCC)C(N)=O. The molecule has 1 amide bonds. The van der Waals surface area contributed by atoms with Crippen molar-refractivity contribution in [3.05, 3.63) is 0 Å². The summed E-state index contributed by atoms with van der Waals surface area (Å²) in [6.45, 7) is 4.51. The molecule has 1 atom stereocenters. The van der Waals surface area contributed by atoms with Gasteiger partial charge >= 0.3 is 0 Å². The second-order valence-electron chi connectivity index (χ2n) is 7.27. The van der Waals surface area contributed by atoms with Gasteiger partial charge in [-0.1, -0.05) is 110 Å². The van der Waals surface area contributed by atoms with Crippen molar-refractivity contribution in [1.82, 2.24) is 0 Å². The number of carbonyl (C=O) groups is 1. The van der Waals surface area contributed by atoms with Gasteiger partial charge < -0.3 is 5.73 Å². The molecule has 0 aliphatic carbocycles. The molecule has 2 heteroatoms. The first-order valence-electron chi connectivity index (χ1n) is 10.5. The highest BCUT2D eigenvalue weighted by Crippen LogP contribution is 2.19. The van der Waals surface area contributed by atoms with Gasteiger partial charge in [0.15, 0.2) is 0 Å². The largest absolute Gasteiger partial charge is 0.369 e. The Morgan fingerprint density at radius 3 is 1.22 bits per heavy atom. The van der Waals surface area contributed by atoms with E-state index in [1.54, 1.807) is 0 Å². The van der Waals surface area contributed by atoms with Crippen LogP contribution in [0.3, 0.4) is 0 Å². The maximum atomic E-state index is 11.6. The van der Waals surface area contributed by atoms with Crippen LogP contribution in [0, 0.1) is 5.92 Å². The van der Waals surface area contributed by atoms with Gasteiger partial charge in [0.1, 0.15) is 0 Å². The van der Waals surface area contributed by atoms with E-state index >= 15 is 0 Å². The van der Waals surface area contributed by atoms with E-state index in [2.05, 4.69) is 13.8 Å². The average molecular weight is 326 g/mol. The molecule has 0 aliphatic rings. The van der Waals surface area contributed by atoms with Crippen LogP contribution in [0.2, 0.25) is 0 Å². The number of nitrogens with two attached hydrogens (primary N) is 1. The van der Waals surface area contributed by atoms with E-state index in [1.807, 2.05) is 0 Å². The molecule has 1 unspecified atom stereocenters. The summed E-state index contributed by atoms with van der Waals surface area (Å²) in [6, 6.07) is 0. The van der Waals surface area contributed by atoms with Crippen LogP contribution in [0.1, 0.15) is 123 Å². The molecular weight excluding hydrogens is 282 g/mol. The molecule has 2 nitrogen and oxygen atoms in total. The Morgan fingerprint density at radius 2 is 0.913 bits per heavy atom. The number of amides is 1. The molecule has 0 spiro atoms. The third-order valence-corrected chi connectivity index (χ3v) is 4.96. The smallest absolute Gasteiger partial charge is 0.220 e. The van der Waals surface area contributed by atoms with Crippen LogP contribution in [0.15, 0.2) is 0 Å². The Bertz CT molecular complexity index is 252. The van der Waals surface area contributed by atoms with E-state index in [1.165, 1.54) is 96.3 Å². The molecule has 0 saturated heterocycles. The molecule has 0 heterocycles. The molecule has 0 saturated carbocycles. The van der Waals surface area contributed by atoms with Crippen molar-refractivity contribution in [2.45, 2.75) is 123 Å². The molecule has 0 aromatic rings. The summed E-state index contributed by atoms with van der Waals surface area (Å²) in [7, 11) is 0. The predicted molar refractivity (Wildman–Crippen MR) is 103 cm³/mol. The van der Waals surface area contributed by atoms with Crippen molar-refractivity contribution >= 4 is 5.91 Å². The zero-order chi connectivity index (χ0) is 17.2. The second-order valence-corrected chi connectivity index (χ2v) is 7.27. The number of primary amides is 1. The van der Waals surface area contributed by atoms with Crippen molar-refractivity contribution in [1.29, 1.82) is 0 Å². The lowest BCUT2D eigenvalue weighted by Crippen LogP contribution is -2.23. The highest BCUT2D eigenvalue weighted by Gasteiger charge is 2.14. The van der Waals surface area contributed by atoms with Crippen LogP contribution in [-0.4, -0.2) is 5.91 Å². The van der Waals surface area contributed by atoms with E-state index in [0.29, 0.717) is 0 Å². The minimum absolute atomic E-state index is 0.0704. The van der Waals surface area contributed by atoms with Gasteiger partial charge in [-0.05, 0) is 12.8 Å². The third kappa shape index (κ3) is 16.1. The van der Waals surface area contributed by atoms with Crippen molar-refractivity contribution in [3.63, 3.8) is 0 Å². The fraction of sp³-hybridized carbons (Fsp3) is 0.952. The molecule has 0 fully saturated rings. The summed E-state index contributed by atoms with van der Waals surface area (Å²) in [5, 5.41) is 0. The molecule has 23 heavy (non-hydrogen) atoms. The summed E-state index contributed by atoms with van der Waals surface area (Å²) >= 11 is 0. The van der Waals surface area contributed by atoms with Gasteiger partial charge in [-0.3, -0.25) is 4.79 Å². The van der Waals surface area contributed by atoms with Crippen molar-refractivity contribution in [3.8, 4) is 0 Å². The molecule has 0 aromatic heterocycles. The first kappa shape index (κ1) is 22.5. The van der Waals surface area contributed by atoms with Crippen LogP contribution in [-0.2, 0) is 4.79 Å². The van der Waals surface area contributed by atoms with Crippen LogP contribution in [0.4, 0.5) is 0 Å². The normalized spacial score (nSPS) is 12.4. The highest BCUT2D eigenvalue weighted by molar-refractivity contribution is 5.76. The molecule has 0 rings (SSSR count). The summed E-state index contributed by atoms with van der Waals surface area (Å²) in [5.74, 6) is 0.0599. The first-order chi connectivity index (χ1) is 11.2. The zero-order valence-electron chi connectivity index (χ0n) is 16.1. The standard InChI is InChI=1S/C21H43NO/c1-3-5-7-9-11-13-15-17-19-20(21(22)23)18-16-14-12-10-8-6-4-2/h20H,3-19H2,1-2H3,(H2,22,23). The second kappa shape index (κ2) is 17.8. The Morgan fingerprint density at radius 1 is 0.609 bits per heavy atom. The Balaban J connectivity index is 3.50. The maximum Gasteiger partial charge on any atom is 0.220 e. The quantitative estimate of drug-likeness (QED) is 0.278. The average Bonchev–Trinajstić information content (AvgIpc) is 2.54. The van der Waals surface area contributed by atoms with Gasteiger partial charge in [0, 0.05) is 5.92 Å². The number of unbranched alkanes of at least 4 members (excludes halogenated alkanes) is 13. The summed E-state index contributed by atoms with van der Waals surface area (Å²) in [4.78, 5) is 11.6. The van der Waals surface area contributed by atoms with E-state index in [0.717, 1.165) is 12.8 Å². The Hall–Kier alpha value is -0.530. The van der Waals surface area contributed by atoms with Gasteiger partial charge in [0.05, 0.1) is 0 Å². The van der Waals surface area contributed by atoms with Gasteiger partial charge in [-0.15, -0.1) is 0 Å². The Labute approximate surface area is 146 Å². The maximum absolute atomic E-state index is 11.6. The monoisotopic (exact) mass is 325 g/mol. The number of hydrogen-bond acceptors (Lipinski definition) is 1. The molecule has 0 radical (unpaired) electrons. The molecule has 138 valence electrons. The van der Waals surface area contributed by atoms with Crippen molar-refractivity contribution in [2.24, 2.45) is 11.7 Å². The summed E-state index contributed by atoms with van der Waals surface area (Å²) < 4.78 is 0. The number of hydrogen-bond donors (Lipinski definition) is 1. The molecule has 0 aromatic carbocycles. The topological polar surface area (TPSA) is 43.1 Å². The van der Waals surface area contributed by atoms with Gasteiger partial charge in [0.2, 0.25) is 5.91 Å². The highest BCUT2D eigenvalue weighted by atomic mass is 16.1. The number of rotatable bonds is 18. The van der Waals surface area contributed by atoms with E-state index in [9.17, 15) is 4.79 Å². The third-order valence-electron chi connectivity index (χ3n) is 4.96. The van der Waals surface area contributed by atoms with Gasteiger partial charge in [-0.2, -0.15) is 0 Å². The predicted octanol–water partition coefficient (Wildman–Crippen LogP) is 6.76. The van der Waals surface area contributed by atoms with Crippen LogP contribution in [0.5, 0.6) is 0 Å². The minimum Gasteiger partial charge on any atom is -0.369 e. The fourth-order valence-electron chi connectivity index (χ4n) is 3.30. The van der Waals surface area contributed by atoms with Crippen molar-refractivity contribution < 1.29 is 4.79 Å². The molecule has 0 aliphatic heterocycles.